The summed E-state index contributed by atoms with van der Waals surface area (Å²) in [7, 11) is 0. The van der Waals surface area contributed by atoms with Gasteiger partial charge in [-0.2, -0.15) is 0 Å². The van der Waals surface area contributed by atoms with Crippen molar-refractivity contribution in [2.75, 3.05) is 26.3 Å². The van der Waals surface area contributed by atoms with Crippen molar-refractivity contribution in [3.8, 4) is 0 Å². The van der Waals surface area contributed by atoms with Gasteiger partial charge in [-0.1, -0.05) is 41.9 Å². The van der Waals surface area contributed by atoms with Crippen molar-refractivity contribution in [1.82, 2.24) is 5.32 Å². The molecule has 2 unspecified atom stereocenters. The lowest BCUT2D eigenvalue weighted by Gasteiger charge is -2.42. The Kier molecular flexibility index (Phi) is 6.61. The van der Waals surface area contributed by atoms with Gasteiger partial charge in [-0.05, 0) is 29.3 Å². The number of aliphatic hydroxyl groups excluding tert-OH is 1. The summed E-state index contributed by atoms with van der Waals surface area (Å²) in [5.74, 6) is -0.351. The van der Waals surface area contributed by atoms with Crippen LogP contribution >= 0.6 is 24.0 Å². The Labute approximate surface area is 152 Å². The molecule has 3 nitrogen and oxygen atoms in total. The van der Waals surface area contributed by atoms with E-state index >= 15 is 0 Å². The van der Waals surface area contributed by atoms with Gasteiger partial charge >= 0.3 is 0 Å². The quantitative estimate of drug-likeness (QED) is 0.867. The van der Waals surface area contributed by atoms with E-state index in [1.165, 1.54) is 12.1 Å². The molecular formula is C18H20Cl2FNO2. The molecule has 1 saturated heterocycles. The molecule has 0 spiro atoms. The van der Waals surface area contributed by atoms with Crippen LogP contribution < -0.4 is 5.32 Å². The summed E-state index contributed by atoms with van der Waals surface area (Å²) in [5, 5.41) is 14.2. The van der Waals surface area contributed by atoms with E-state index in [1.54, 1.807) is 18.2 Å². The minimum absolute atomic E-state index is 0. The summed E-state index contributed by atoms with van der Waals surface area (Å²) in [4.78, 5) is 0. The number of nitrogens with one attached hydrogen (secondary N) is 1. The summed E-state index contributed by atoms with van der Waals surface area (Å²) in [6.07, 6.45) is -0.344. The van der Waals surface area contributed by atoms with Crippen LogP contribution in [0.2, 0.25) is 5.02 Å². The van der Waals surface area contributed by atoms with E-state index in [-0.39, 0.29) is 30.9 Å². The Morgan fingerprint density at radius 3 is 2.67 bits per heavy atom. The first-order valence-electron chi connectivity index (χ1n) is 7.62. The number of aliphatic hydroxyl groups is 1. The molecule has 0 radical (unpaired) electrons. The molecular weight excluding hydrogens is 352 g/mol. The van der Waals surface area contributed by atoms with Gasteiger partial charge in [-0.15, -0.1) is 12.4 Å². The number of morpholine rings is 1. The Bertz CT molecular complexity index is 680. The Morgan fingerprint density at radius 1 is 1.25 bits per heavy atom. The lowest BCUT2D eigenvalue weighted by atomic mass is 9.70. The molecule has 1 aliphatic heterocycles. The predicted octanol–water partition coefficient (Wildman–Crippen LogP) is 3.17. The minimum atomic E-state index is -0.923. The third kappa shape index (κ3) is 3.44. The monoisotopic (exact) mass is 371 g/mol. The molecule has 1 fully saturated rings. The van der Waals surface area contributed by atoms with Crippen LogP contribution in [0.1, 0.15) is 11.1 Å². The largest absolute Gasteiger partial charge is 0.395 e. The Morgan fingerprint density at radius 2 is 2.04 bits per heavy atom. The van der Waals surface area contributed by atoms with Crippen LogP contribution in [-0.2, 0) is 10.2 Å². The molecule has 2 aromatic carbocycles. The van der Waals surface area contributed by atoms with Gasteiger partial charge in [0.1, 0.15) is 5.82 Å². The van der Waals surface area contributed by atoms with Gasteiger partial charge in [-0.25, -0.2) is 4.39 Å². The number of rotatable bonds is 4. The van der Waals surface area contributed by atoms with Gasteiger partial charge in [-0.3, -0.25) is 0 Å². The van der Waals surface area contributed by atoms with Crippen molar-refractivity contribution in [2.45, 2.75) is 11.5 Å². The van der Waals surface area contributed by atoms with Crippen LogP contribution in [-0.4, -0.2) is 37.5 Å². The summed E-state index contributed by atoms with van der Waals surface area (Å²) in [6.45, 7) is 1.62. The van der Waals surface area contributed by atoms with E-state index in [2.05, 4.69) is 5.32 Å². The lowest BCUT2D eigenvalue weighted by Crippen LogP contribution is -2.54. The van der Waals surface area contributed by atoms with Gasteiger partial charge in [0.15, 0.2) is 0 Å². The van der Waals surface area contributed by atoms with Crippen LogP contribution in [0.15, 0.2) is 48.5 Å². The van der Waals surface area contributed by atoms with E-state index in [0.717, 1.165) is 12.1 Å². The molecule has 2 aromatic rings. The van der Waals surface area contributed by atoms with Crippen LogP contribution in [0.5, 0.6) is 0 Å². The zero-order chi connectivity index (χ0) is 16.3. The van der Waals surface area contributed by atoms with Crippen LogP contribution in [0, 0.1) is 5.82 Å². The first-order valence-corrected chi connectivity index (χ1v) is 8.00. The number of hydrogen-bond donors (Lipinski definition) is 2. The lowest BCUT2D eigenvalue weighted by molar-refractivity contribution is -0.0287. The highest BCUT2D eigenvalue weighted by Gasteiger charge is 2.44. The second kappa shape index (κ2) is 8.28. The molecule has 2 N–H and O–H groups in total. The highest BCUT2D eigenvalue weighted by Crippen LogP contribution is 2.41. The van der Waals surface area contributed by atoms with Crippen LogP contribution in [0.3, 0.4) is 0 Å². The Balaban J connectivity index is 0.00000208. The maximum atomic E-state index is 13.8. The molecule has 130 valence electrons. The van der Waals surface area contributed by atoms with Gasteiger partial charge in [0.05, 0.1) is 24.7 Å². The first kappa shape index (κ1) is 19.2. The van der Waals surface area contributed by atoms with Crippen molar-refractivity contribution in [3.05, 3.63) is 70.5 Å². The van der Waals surface area contributed by atoms with E-state index < -0.39 is 5.41 Å². The van der Waals surface area contributed by atoms with Crippen molar-refractivity contribution in [2.24, 2.45) is 0 Å². The Hall–Kier alpha value is -1.17. The first-order chi connectivity index (χ1) is 11.2. The highest BCUT2D eigenvalue weighted by atomic mass is 35.5. The van der Waals surface area contributed by atoms with Gasteiger partial charge in [0, 0.05) is 18.1 Å². The summed E-state index contributed by atoms with van der Waals surface area (Å²) < 4.78 is 19.8. The van der Waals surface area contributed by atoms with Crippen LogP contribution in [0.25, 0.3) is 0 Å². The van der Waals surface area contributed by atoms with E-state index in [9.17, 15) is 9.50 Å². The molecule has 1 heterocycles. The van der Waals surface area contributed by atoms with Gasteiger partial charge < -0.3 is 15.2 Å². The van der Waals surface area contributed by atoms with Crippen molar-refractivity contribution < 1.29 is 14.2 Å². The molecule has 0 saturated carbocycles. The zero-order valence-electron chi connectivity index (χ0n) is 13.0. The number of ether oxygens (including phenoxy) is 1. The molecule has 0 aliphatic carbocycles. The maximum absolute atomic E-state index is 13.8. The SMILES string of the molecule is Cl.OCC(c1cccc(F)c1)(c1ccccc1Cl)C1CNCCO1. The second-order valence-corrected chi connectivity index (χ2v) is 6.09. The van der Waals surface area contributed by atoms with E-state index in [1.807, 2.05) is 18.2 Å². The average molecular weight is 372 g/mol. The number of benzene rings is 2. The molecule has 0 bridgehead atoms. The predicted molar refractivity (Wildman–Crippen MR) is 95.6 cm³/mol. The molecule has 24 heavy (non-hydrogen) atoms. The second-order valence-electron chi connectivity index (χ2n) is 5.68. The van der Waals surface area contributed by atoms with Crippen molar-refractivity contribution in [1.29, 1.82) is 0 Å². The zero-order valence-corrected chi connectivity index (χ0v) is 14.6. The topological polar surface area (TPSA) is 41.5 Å². The summed E-state index contributed by atoms with van der Waals surface area (Å²) >= 11 is 6.42. The molecule has 6 heteroatoms. The summed E-state index contributed by atoms with van der Waals surface area (Å²) in [6, 6.07) is 13.6. The van der Waals surface area contributed by atoms with Crippen LogP contribution in [0.4, 0.5) is 4.39 Å². The average Bonchev–Trinajstić information content (AvgIpc) is 2.59. The number of hydrogen-bond acceptors (Lipinski definition) is 3. The fraction of sp³-hybridized carbons (Fsp3) is 0.333. The molecule has 1 aliphatic rings. The fourth-order valence-corrected chi connectivity index (χ4v) is 3.57. The highest BCUT2D eigenvalue weighted by molar-refractivity contribution is 6.31. The summed E-state index contributed by atoms with van der Waals surface area (Å²) in [5.41, 5.74) is 0.471. The number of halogens is 3. The third-order valence-electron chi connectivity index (χ3n) is 4.42. The van der Waals surface area contributed by atoms with Crippen molar-refractivity contribution in [3.63, 3.8) is 0 Å². The minimum Gasteiger partial charge on any atom is -0.395 e. The standard InChI is InChI=1S/C18H19ClFNO2.ClH/c19-16-7-2-1-6-15(16)18(12-22,17-11-21-8-9-23-17)13-4-3-5-14(20)10-13;/h1-7,10,17,21-22H,8-9,11-12H2;1H. The third-order valence-corrected chi connectivity index (χ3v) is 4.75. The molecule has 0 aromatic heterocycles. The normalized spacial score (nSPS) is 20.0. The fourth-order valence-electron chi connectivity index (χ4n) is 3.26. The maximum Gasteiger partial charge on any atom is 0.123 e. The van der Waals surface area contributed by atoms with Crippen molar-refractivity contribution >= 4 is 24.0 Å². The smallest absolute Gasteiger partial charge is 0.123 e. The molecule has 3 rings (SSSR count). The molecule has 0 amide bonds. The van der Waals surface area contributed by atoms with Gasteiger partial charge in [0.2, 0.25) is 0 Å². The molecule has 2 atom stereocenters. The van der Waals surface area contributed by atoms with Gasteiger partial charge in [0.25, 0.3) is 0 Å². The van der Waals surface area contributed by atoms with E-state index in [4.69, 9.17) is 16.3 Å². The van der Waals surface area contributed by atoms with E-state index in [0.29, 0.717) is 23.7 Å².